The van der Waals surface area contributed by atoms with E-state index < -0.39 is 23.6 Å². The van der Waals surface area contributed by atoms with Crippen molar-refractivity contribution in [1.29, 1.82) is 0 Å². The van der Waals surface area contributed by atoms with Crippen LogP contribution in [-0.2, 0) is 27.3 Å². The lowest BCUT2D eigenvalue weighted by Gasteiger charge is -2.31. The number of rotatable bonds is 11. The maximum Gasteiger partial charge on any atom is 0.243 e. The Morgan fingerprint density at radius 2 is 1.90 bits per heavy atom. The Kier molecular flexibility index (Phi) is 9.89. The SMILES string of the molecule is CC(C)(C)C(=O)N1CCC[C@H]1C(=O)N[C@H](Cc1ccc2ccccc2c1)C(=O)NCC(O)CNCc1nccs1. The highest BCUT2D eigenvalue weighted by atomic mass is 32.1. The average Bonchev–Trinajstić information content (AvgIpc) is 3.63. The molecule has 4 N–H and O–H groups in total. The molecule has 214 valence electrons. The summed E-state index contributed by atoms with van der Waals surface area (Å²) in [5, 5.41) is 24.2. The fourth-order valence-electron chi connectivity index (χ4n) is 4.89. The third-order valence-electron chi connectivity index (χ3n) is 7.00. The summed E-state index contributed by atoms with van der Waals surface area (Å²) in [6, 6.07) is 12.5. The maximum absolute atomic E-state index is 13.4. The van der Waals surface area contributed by atoms with E-state index in [2.05, 4.69) is 20.9 Å². The molecule has 1 unspecified atom stereocenters. The van der Waals surface area contributed by atoms with Crippen LogP contribution in [0.4, 0.5) is 0 Å². The highest BCUT2D eigenvalue weighted by Crippen LogP contribution is 2.26. The number of hydrogen-bond donors (Lipinski definition) is 4. The first-order valence-electron chi connectivity index (χ1n) is 13.8. The summed E-state index contributed by atoms with van der Waals surface area (Å²) in [4.78, 5) is 45.6. The fraction of sp³-hybridized carbons (Fsp3) is 0.467. The van der Waals surface area contributed by atoms with Gasteiger partial charge in [-0.3, -0.25) is 14.4 Å². The van der Waals surface area contributed by atoms with Crippen LogP contribution in [0.3, 0.4) is 0 Å². The number of likely N-dealkylation sites (tertiary alicyclic amines) is 1. The number of aromatic nitrogens is 1. The van der Waals surface area contributed by atoms with Crippen LogP contribution in [0.2, 0.25) is 0 Å². The van der Waals surface area contributed by atoms with Gasteiger partial charge in [0.15, 0.2) is 0 Å². The number of fused-ring (bicyclic) bond motifs is 1. The Bertz CT molecular complexity index is 1310. The van der Waals surface area contributed by atoms with Gasteiger partial charge in [0.05, 0.1) is 6.10 Å². The Morgan fingerprint density at radius 3 is 2.62 bits per heavy atom. The summed E-state index contributed by atoms with van der Waals surface area (Å²) in [5.74, 6) is -0.789. The molecule has 3 atom stereocenters. The zero-order valence-corrected chi connectivity index (χ0v) is 24.2. The number of hydrogen-bond acceptors (Lipinski definition) is 7. The van der Waals surface area contributed by atoms with E-state index in [-0.39, 0.29) is 37.2 Å². The number of aliphatic hydroxyl groups is 1. The van der Waals surface area contributed by atoms with E-state index in [0.29, 0.717) is 19.5 Å². The first kappa shape index (κ1) is 29.6. The van der Waals surface area contributed by atoms with Crippen molar-refractivity contribution in [3.8, 4) is 0 Å². The topological polar surface area (TPSA) is 124 Å². The van der Waals surface area contributed by atoms with Gasteiger partial charge in [-0.05, 0) is 29.2 Å². The minimum Gasteiger partial charge on any atom is -0.390 e. The summed E-state index contributed by atoms with van der Waals surface area (Å²) in [5.41, 5.74) is 0.299. The van der Waals surface area contributed by atoms with E-state index in [0.717, 1.165) is 27.8 Å². The second-order valence-corrected chi connectivity index (χ2v) is 12.3. The van der Waals surface area contributed by atoms with Crippen molar-refractivity contribution in [3.63, 3.8) is 0 Å². The number of benzene rings is 2. The van der Waals surface area contributed by atoms with Crippen LogP contribution < -0.4 is 16.0 Å². The first-order valence-corrected chi connectivity index (χ1v) is 14.6. The quantitative estimate of drug-likeness (QED) is 0.284. The molecule has 1 aliphatic rings. The molecule has 2 heterocycles. The van der Waals surface area contributed by atoms with Crippen LogP contribution in [0.15, 0.2) is 54.0 Å². The molecule has 0 radical (unpaired) electrons. The van der Waals surface area contributed by atoms with Crippen molar-refractivity contribution in [2.24, 2.45) is 5.41 Å². The molecule has 4 rings (SSSR count). The largest absolute Gasteiger partial charge is 0.390 e. The van der Waals surface area contributed by atoms with E-state index >= 15 is 0 Å². The molecule has 3 aromatic rings. The monoisotopic (exact) mass is 565 g/mol. The minimum absolute atomic E-state index is 0.0336. The second-order valence-electron chi connectivity index (χ2n) is 11.3. The van der Waals surface area contributed by atoms with Crippen molar-refractivity contribution in [2.75, 3.05) is 19.6 Å². The molecule has 1 fully saturated rings. The molecule has 3 amide bonds. The molecule has 9 nitrogen and oxygen atoms in total. The van der Waals surface area contributed by atoms with Gasteiger partial charge in [0, 0.05) is 49.6 Å². The van der Waals surface area contributed by atoms with Crippen LogP contribution in [0.1, 0.15) is 44.2 Å². The summed E-state index contributed by atoms with van der Waals surface area (Å²) in [6.07, 6.45) is 2.49. The first-order chi connectivity index (χ1) is 19.1. The van der Waals surface area contributed by atoms with Gasteiger partial charge in [0.25, 0.3) is 0 Å². The van der Waals surface area contributed by atoms with Crippen LogP contribution in [0.5, 0.6) is 0 Å². The summed E-state index contributed by atoms with van der Waals surface area (Å²) >= 11 is 1.53. The lowest BCUT2D eigenvalue weighted by Crippen LogP contribution is -2.55. The molecule has 1 saturated heterocycles. The highest BCUT2D eigenvalue weighted by molar-refractivity contribution is 7.09. The lowest BCUT2D eigenvalue weighted by molar-refractivity contribution is -0.145. The van der Waals surface area contributed by atoms with E-state index in [1.165, 1.54) is 11.3 Å². The van der Waals surface area contributed by atoms with Gasteiger partial charge in [-0.1, -0.05) is 63.2 Å². The smallest absolute Gasteiger partial charge is 0.243 e. The van der Waals surface area contributed by atoms with Gasteiger partial charge >= 0.3 is 0 Å². The van der Waals surface area contributed by atoms with E-state index in [9.17, 15) is 19.5 Å². The molecule has 1 aromatic heterocycles. The third-order valence-corrected chi connectivity index (χ3v) is 7.78. The summed E-state index contributed by atoms with van der Waals surface area (Å²) < 4.78 is 0. The number of aliphatic hydroxyl groups excluding tert-OH is 1. The standard InChI is InChI=1S/C30H39N5O4S/c1-30(2,3)29(39)35-13-6-9-25(35)28(38)34-24(16-20-10-11-21-7-4-5-8-22(21)15-20)27(37)33-18-23(36)17-31-19-26-32-12-14-40-26/h4-5,7-8,10-12,14-15,23-25,31,36H,6,9,13,16-19H2,1-3H3,(H,33,37)(H,34,38)/t23?,24-,25+/m1/s1. The summed E-state index contributed by atoms with van der Waals surface area (Å²) in [6.45, 7) is 6.91. The number of nitrogens with one attached hydrogen (secondary N) is 3. The zero-order valence-electron chi connectivity index (χ0n) is 23.4. The van der Waals surface area contributed by atoms with Crippen LogP contribution in [0.25, 0.3) is 10.8 Å². The zero-order chi connectivity index (χ0) is 28.7. The van der Waals surface area contributed by atoms with Crippen molar-refractivity contribution in [2.45, 2.75) is 64.8 Å². The van der Waals surface area contributed by atoms with E-state index in [1.54, 1.807) is 11.1 Å². The molecule has 0 aliphatic carbocycles. The Hall–Kier alpha value is -3.34. The van der Waals surface area contributed by atoms with Crippen molar-refractivity contribution in [3.05, 3.63) is 64.6 Å². The Balaban J connectivity index is 1.42. The van der Waals surface area contributed by atoms with Crippen LogP contribution in [-0.4, -0.2) is 70.5 Å². The molecule has 0 bridgehead atoms. The average molecular weight is 566 g/mol. The number of carbonyl (C=O) groups is 3. The minimum atomic E-state index is -0.865. The fourth-order valence-corrected chi connectivity index (χ4v) is 5.48. The Morgan fingerprint density at radius 1 is 1.12 bits per heavy atom. The van der Waals surface area contributed by atoms with E-state index in [4.69, 9.17) is 0 Å². The molecule has 10 heteroatoms. The molecule has 0 saturated carbocycles. The third kappa shape index (κ3) is 7.87. The number of amides is 3. The van der Waals surface area contributed by atoms with E-state index in [1.807, 2.05) is 68.6 Å². The predicted octanol–water partition coefficient (Wildman–Crippen LogP) is 2.63. The van der Waals surface area contributed by atoms with Crippen molar-refractivity contribution < 1.29 is 19.5 Å². The maximum atomic E-state index is 13.4. The van der Waals surface area contributed by atoms with Gasteiger partial charge < -0.3 is 26.0 Å². The van der Waals surface area contributed by atoms with Gasteiger partial charge in [-0.15, -0.1) is 11.3 Å². The molecule has 40 heavy (non-hydrogen) atoms. The van der Waals surface area contributed by atoms with Gasteiger partial charge in [-0.2, -0.15) is 0 Å². The highest BCUT2D eigenvalue weighted by Gasteiger charge is 2.39. The summed E-state index contributed by atoms with van der Waals surface area (Å²) in [7, 11) is 0. The predicted molar refractivity (Wildman–Crippen MR) is 157 cm³/mol. The van der Waals surface area contributed by atoms with Crippen LogP contribution >= 0.6 is 11.3 Å². The Labute approximate surface area is 239 Å². The molecular weight excluding hydrogens is 526 g/mol. The van der Waals surface area contributed by atoms with Gasteiger partial charge in [0.2, 0.25) is 17.7 Å². The number of nitrogens with zero attached hydrogens (tertiary/aromatic N) is 2. The molecular formula is C30H39N5O4S. The van der Waals surface area contributed by atoms with Crippen LogP contribution in [0, 0.1) is 5.41 Å². The normalized spacial score (nSPS) is 17.0. The lowest BCUT2D eigenvalue weighted by atomic mass is 9.94. The molecule has 2 aromatic carbocycles. The number of thiazole rings is 1. The number of carbonyl (C=O) groups excluding carboxylic acids is 3. The molecule has 0 spiro atoms. The van der Waals surface area contributed by atoms with Crippen molar-refractivity contribution >= 4 is 39.8 Å². The van der Waals surface area contributed by atoms with Crippen molar-refractivity contribution in [1.82, 2.24) is 25.8 Å². The van der Waals surface area contributed by atoms with Gasteiger partial charge in [-0.25, -0.2) is 4.98 Å². The van der Waals surface area contributed by atoms with Gasteiger partial charge in [0.1, 0.15) is 17.1 Å². The molecule has 1 aliphatic heterocycles. The second kappa shape index (κ2) is 13.3.